The van der Waals surface area contributed by atoms with E-state index < -0.39 is 0 Å². The second-order valence-electron chi connectivity index (χ2n) is 1.91. The molecular formula is C5H11NS. The third-order valence-electron chi connectivity index (χ3n) is 1.20. The summed E-state index contributed by atoms with van der Waals surface area (Å²) in [6.07, 6.45) is 1.34. The van der Waals surface area contributed by atoms with E-state index >= 15 is 0 Å². The van der Waals surface area contributed by atoms with Gasteiger partial charge in [-0.25, -0.2) is 0 Å². The van der Waals surface area contributed by atoms with Crippen molar-refractivity contribution in [2.75, 3.05) is 12.4 Å². The molecule has 1 nitrogen and oxygen atoms in total. The van der Waals surface area contributed by atoms with Gasteiger partial charge in [-0.1, -0.05) is 6.92 Å². The lowest BCUT2D eigenvalue weighted by atomic mass is 10.3. The molecule has 0 aromatic heterocycles. The van der Waals surface area contributed by atoms with E-state index in [4.69, 9.17) is 0 Å². The van der Waals surface area contributed by atoms with Crippen LogP contribution in [-0.2, 0) is 0 Å². The molecule has 1 saturated heterocycles. The van der Waals surface area contributed by atoms with Gasteiger partial charge in [0.25, 0.3) is 0 Å². The lowest BCUT2D eigenvalue weighted by Gasteiger charge is -2.17. The van der Waals surface area contributed by atoms with Crippen molar-refractivity contribution in [2.45, 2.75) is 18.6 Å². The van der Waals surface area contributed by atoms with Gasteiger partial charge in [0.2, 0.25) is 0 Å². The third kappa shape index (κ3) is 1.70. The molecule has 1 aliphatic heterocycles. The fourth-order valence-corrected chi connectivity index (χ4v) is 1.49. The van der Waals surface area contributed by atoms with E-state index in [0.29, 0.717) is 0 Å². The monoisotopic (exact) mass is 117 g/mol. The zero-order chi connectivity index (χ0) is 5.11. The first-order valence-corrected chi connectivity index (χ1v) is 3.77. The fraction of sp³-hybridized carbons (Fsp3) is 1.00. The third-order valence-corrected chi connectivity index (χ3v) is 2.37. The van der Waals surface area contributed by atoms with Gasteiger partial charge in [-0.05, 0) is 13.0 Å². The summed E-state index contributed by atoms with van der Waals surface area (Å²) in [6.45, 7) is 3.50. The number of nitrogens with one attached hydrogen (secondary N) is 1. The van der Waals surface area contributed by atoms with Crippen LogP contribution in [0.4, 0.5) is 0 Å². The Labute approximate surface area is 48.9 Å². The smallest absolute Gasteiger partial charge is 0.0420 e. The first-order chi connectivity index (χ1) is 3.39. The van der Waals surface area contributed by atoms with Gasteiger partial charge in [0.05, 0.1) is 0 Å². The van der Waals surface area contributed by atoms with Crippen LogP contribution in [-0.4, -0.2) is 17.7 Å². The summed E-state index contributed by atoms with van der Waals surface area (Å²) in [5, 5.41) is 4.17. The highest BCUT2D eigenvalue weighted by Gasteiger charge is 2.05. The molecule has 1 N–H and O–H groups in total. The van der Waals surface area contributed by atoms with Crippen molar-refractivity contribution in [3.8, 4) is 0 Å². The Hall–Kier alpha value is 0.310. The molecule has 1 heterocycles. The summed E-state index contributed by atoms with van der Waals surface area (Å²) in [7, 11) is 0. The molecular weight excluding hydrogens is 106 g/mol. The van der Waals surface area contributed by atoms with Crippen molar-refractivity contribution in [2.24, 2.45) is 0 Å². The Bertz CT molecular complexity index is 50.0. The average Bonchev–Trinajstić information content (AvgIpc) is 1.69. The first kappa shape index (κ1) is 5.45. The SMILES string of the molecule is CC1CCNCS1. The fourth-order valence-electron chi connectivity index (χ4n) is 0.662. The van der Waals surface area contributed by atoms with Gasteiger partial charge in [0.1, 0.15) is 0 Å². The van der Waals surface area contributed by atoms with Crippen molar-refractivity contribution < 1.29 is 0 Å². The molecule has 7 heavy (non-hydrogen) atoms. The van der Waals surface area contributed by atoms with Crippen molar-refractivity contribution in [1.82, 2.24) is 5.32 Å². The molecule has 1 atom stereocenters. The van der Waals surface area contributed by atoms with Crippen LogP contribution in [0.5, 0.6) is 0 Å². The first-order valence-electron chi connectivity index (χ1n) is 2.72. The van der Waals surface area contributed by atoms with Gasteiger partial charge >= 0.3 is 0 Å². The van der Waals surface area contributed by atoms with Crippen LogP contribution in [0.15, 0.2) is 0 Å². The molecule has 0 amide bonds. The molecule has 0 aliphatic carbocycles. The Balaban J connectivity index is 2.12. The van der Waals surface area contributed by atoms with Gasteiger partial charge in [0.15, 0.2) is 0 Å². The molecule has 0 aromatic rings. The summed E-state index contributed by atoms with van der Waals surface area (Å²) < 4.78 is 0. The lowest BCUT2D eigenvalue weighted by molar-refractivity contribution is 0.682. The zero-order valence-electron chi connectivity index (χ0n) is 4.61. The maximum Gasteiger partial charge on any atom is 0.0420 e. The minimum atomic E-state index is 0.890. The van der Waals surface area contributed by atoms with Crippen LogP contribution in [0.1, 0.15) is 13.3 Å². The average molecular weight is 117 g/mol. The van der Waals surface area contributed by atoms with Crippen molar-refractivity contribution >= 4 is 11.8 Å². The predicted octanol–water partition coefficient (Wildman–Crippen LogP) is 1.06. The Morgan fingerprint density at radius 3 is 2.86 bits per heavy atom. The van der Waals surface area contributed by atoms with E-state index in [2.05, 4.69) is 12.2 Å². The summed E-state index contributed by atoms with van der Waals surface area (Å²) in [4.78, 5) is 0. The van der Waals surface area contributed by atoms with Crippen LogP contribution in [0.2, 0.25) is 0 Å². The van der Waals surface area contributed by atoms with Gasteiger partial charge < -0.3 is 5.32 Å². The van der Waals surface area contributed by atoms with E-state index in [1.807, 2.05) is 11.8 Å². The molecule has 0 bridgehead atoms. The number of hydrogen-bond acceptors (Lipinski definition) is 2. The number of thioether (sulfide) groups is 1. The molecule has 1 rings (SSSR count). The predicted molar refractivity (Wildman–Crippen MR) is 34.5 cm³/mol. The summed E-state index contributed by atoms with van der Waals surface area (Å²) in [6, 6.07) is 0. The standard InChI is InChI=1S/C5H11NS/c1-5-2-3-6-4-7-5/h5-6H,2-4H2,1H3. The number of rotatable bonds is 0. The molecule has 2 heteroatoms. The summed E-state index contributed by atoms with van der Waals surface area (Å²) >= 11 is 2.01. The summed E-state index contributed by atoms with van der Waals surface area (Å²) in [5.74, 6) is 1.15. The second kappa shape index (κ2) is 2.58. The molecule has 1 aliphatic rings. The second-order valence-corrected chi connectivity index (χ2v) is 3.34. The minimum Gasteiger partial charge on any atom is -0.308 e. The van der Waals surface area contributed by atoms with E-state index in [1.54, 1.807) is 0 Å². The highest BCUT2D eigenvalue weighted by Crippen LogP contribution is 2.14. The summed E-state index contributed by atoms with van der Waals surface area (Å²) in [5.41, 5.74) is 0. The Kier molecular flexibility index (Phi) is 2.00. The van der Waals surface area contributed by atoms with E-state index in [9.17, 15) is 0 Å². The highest BCUT2D eigenvalue weighted by molar-refractivity contribution is 7.99. The lowest BCUT2D eigenvalue weighted by Crippen LogP contribution is -2.24. The van der Waals surface area contributed by atoms with Gasteiger partial charge in [-0.15, -0.1) is 11.8 Å². The van der Waals surface area contributed by atoms with Crippen molar-refractivity contribution in [3.05, 3.63) is 0 Å². The van der Waals surface area contributed by atoms with Gasteiger partial charge in [-0.3, -0.25) is 0 Å². The molecule has 0 aromatic carbocycles. The largest absolute Gasteiger partial charge is 0.308 e. The van der Waals surface area contributed by atoms with Gasteiger partial charge in [-0.2, -0.15) is 0 Å². The van der Waals surface area contributed by atoms with Crippen LogP contribution >= 0.6 is 11.8 Å². The maximum atomic E-state index is 3.28. The van der Waals surface area contributed by atoms with Crippen LogP contribution in [0.25, 0.3) is 0 Å². The molecule has 1 fully saturated rings. The van der Waals surface area contributed by atoms with E-state index in [0.717, 1.165) is 11.1 Å². The van der Waals surface area contributed by atoms with Crippen LogP contribution in [0.3, 0.4) is 0 Å². The minimum absolute atomic E-state index is 0.890. The molecule has 42 valence electrons. The molecule has 0 saturated carbocycles. The van der Waals surface area contributed by atoms with E-state index in [1.165, 1.54) is 13.0 Å². The Morgan fingerprint density at radius 2 is 2.57 bits per heavy atom. The van der Waals surface area contributed by atoms with Gasteiger partial charge in [0, 0.05) is 11.1 Å². The normalized spacial score (nSPS) is 33.0. The van der Waals surface area contributed by atoms with E-state index in [-0.39, 0.29) is 0 Å². The van der Waals surface area contributed by atoms with Crippen LogP contribution in [0, 0.1) is 0 Å². The molecule has 1 unspecified atom stereocenters. The Morgan fingerprint density at radius 1 is 1.71 bits per heavy atom. The topological polar surface area (TPSA) is 12.0 Å². The van der Waals surface area contributed by atoms with Crippen LogP contribution < -0.4 is 5.32 Å². The maximum absolute atomic E-state index is 3.28. The van der Waals surface area contributed by atoms with Crippen molar-refractivity contribution in [3.63, 3.8) is 0 Å². The quantitative estimate of drug-likeness (QED) is 0.509. The highest BCUT2D eigenvalue weighted by atomic mass is 32.2. The zero-order valence-corrected chi connectivity index (χ0v) is 5.42. The molecule has 0 radical (unpaired) electrons. The van der Waals surface area contributed by atoms with Crippen molar-refractivity contribution in [1.29, 1.82) is 0 Å². The molecule has 0 spiro atoms. The number of hydrogen-bond donors (Lipinski definition) is 1.